The summed E-state index contributed by atoms with van der Waals surface area (Å²) in [5.74, 6) is -9.43. The van der Waals surface area contributed by atoms with E-state index >= 15 is 0 Å². The quantitative estimate of drug-likeness (QED) is 0.702. The van der Waals surface area contributed by atoms with Crippen LogP contribution in [0.15, 0.2) is 18.3 Å². The predicted molar refractivity (Wildman–Crippen MR) is 61.3 cm³/mol. The third kappa shape index (κ3) is 2.89. The molecule has 0 N–H and O–H groups in total. The molecule has 0 saturated heterocycles. The Balaban J connectivity index is 2.83. The summed E-state index contributed by atoms with van der Waals surface area (Å²) in [5.41, 5.74) is -5.69. The Bertz CT molecular complexity index is 763. The van der Waals surface area contributed by atoms with Crippen molar-refractivity contribution in [3.8, 4) is 5.82 Å². The fourth-order valence-corrected chi connectivity index (χ4v) is 1.88. The second-order valence-corrected chi connectivity index (χ2v) is 4.71. The summed E-state index contributed by atoms with van der Waals surface area (Å²) in [5, 5.41) is 1.93. The molecule has 0 amide bonds. The average molecular weight is 384 g/mol. The highest BCUT2D eigenvalue weighted by atomic mass is 35.5. The van der Waals surface area contributed by atoms with Crippen LogP contribution in [0.1, 0.15) is 11.3 Å². The van der Waals surface area contributed by atoms with Gasteiger partial charge in [-0.1, -0.05) is 11.6 Å². The number of rotatable bonds is 2. The summed E-state index contributed by atoms with van der Waals surface area (Å²) in [4.78, 5) is 3.33. The molecule has 0 spiro atoms. The SMILES string of the molecule is Fc1c(C(F)(F)F)c(C(F)(F)C(F)(F)F)nn1-c1ncccc1Cl. The zero-order valence-corrected chi connectivity index (χ0v) is 11.6. The van der Waals surface area contributed by atoms with Gasteiger partial charge in [0.25, 0.3) is 0 Å². The predicted octanol–water partition coefficient (Wildman–Crippen LogP) is 4.73. The number of pyridine rings is 1. The van der Waals surface area contributed by atoms with Crippen LogP contribution in [-0.4, -0.2) is 20.9 Å². The van der Waals surface area contributed by atoms with E-state index in [-0.39, 0.29) is 0 Å². The molecule has 0 aliphatic carbocycles. The van der Waals surface area contributed by atoms with Crippen molar-refractivity contribution < 1.29 is 39.5 Å². The van der Waals surface area contributed by atoms with Crippen molar-refractivity contribution in [1.82, 2.24) is 14.8 Å². The first-order chi connectivity index (χ1) is 10.8. The van der Waals surface area contributed by atoms with E-state index in [1.807, 2.05) is 0 Å². The molecular formula is C11H3ClF9N3. The fraction of sp³-hybridized carbons (Fsp3) is 0.273. The van der Waals surface area contributed by atoms with E-state index in [0.717, 1.165) is 12.3 Å². The molecule has 0 unspecified atom stereocenters. The number of hydrogen-bond donors (Lipinski definition) is 0. The van der Waals surface area contributed by atoms with Crippen molar-refractivity contribution in [2.45, 2.75) is 18.3 Å². The number of alkyl halides is 8. The molecule has 132 valence electrons. The highest BCUT2D eigenvalue weighted by Crippen LogP contribution is 2.48. The Labute approximate surface area is 131 Å². The topological polar surface area (TPSA) is 30.7 Å². The van der Waals surface area contributed by atoms with Crippen molar-refractivity contribution in [3.63, 3.8) is 0 Å². The average Bonchev–Trinajstić information content (AvgIpc) is 2.76. The van der Waals surface area contributed by atoms with Crippen LogP contribution in [0.5, 0.6) is 0 Å². The molecule has 0 aromatic carbocycles. The second-order valence-electron chi connectivity index (χ2n) is 4.30. The fourth-order valence-electron chi connectivity index (χ4n) is 1.68. The van der Waals surface area contributed by atoms with Gasteiger partial charge in [-0.05, 0) is 12.1 Å². The van der Waals surface area contributed by atoms with Gasteiger partial charge in [0.05, 0.1) is 5.02 Å². The van der Waals surface area contributed by atoms with Crippen LogP contribution in [0.3, 0.4) is 0 Å². The van der Waals surface area contributed by atoms with Crippen LogP contribution in [-0.2, 0) is 12.1 Å². The number of hydrogen-bond acceptors (Lipinski definition) is 2. The first kappa shape index (κ1) is 18.4. The lowest BCUT2D eigenvalue weighted by atomic mass is 10.1. The lowest BCUT2D eigenvalue weighted by Crippen LogP contribution is -2.36. The molecule has 0 saturated carbocycles. The number of aromatic nitrogens is 3. The third-order valence-electron chi connectivity index (χ3n) is 2.71. The maximum Gasteiger partial charge on any atom is 0.459 e. The van der Waals surface area contributed by atoms with Gasteiger partial charge >= 0.3 is 18.3 Å². The van der Waals surface area contributed by atoms with Crippen LogP contribution in [0, 0.1) is 5.95 Å². The Morgan fingerprint density at radius 1 is 1.00 bits per heavy atom. The molecule has 0 radical (unpaired) electrons. The zero-order chi connectivity index (χ0) is 18.5. The van der Waals surface area contributed by atoms with E-state index in [9.17, 15) is 39.5 Å². The Hall–Kier alpha value is -1.98. The summed E-state index contributed by atoms with van der Waals surface area (Å²) in [6, 6.07) is 2.17. The van der Waals surface area contributed by atoms with Crippen LogP contribution >= 0.6 is 11.6 Å². The molecule has 0 bridgehead atoms. The second kappa shape index (κ2) is 5.53. The lowest BCUT2D eigenvalue weighted by molar-refractivity contribution is -0.292. The molecular weight excluding hydrogens is 381 g/mol. The minimum absolute atomic E-state index is 0.458. The largest absolute Gasteiger partial charge is 0.459 e. The van der Waals surface area contributed by atoms with Crippen LogP contribution in [0.2, 0.25) is 5.02 Å². The molecule has 24 heavy (non-hydrogen) atoms. The van der Waals surface area contributed by atoms with Crippen LogP contribution in [0.25, 0.3) is 5.82 Å². The van der Waals surface area contributed by atoms with Gasteiger partial charge in [0.1, 0.15) is 5.56 Å². The van der Waals surface area contributed by atoms with E-state index in [1.54, 1.807) is 0 Å². The van der Waals surface area contributed by atoms with Crippen molar-refractivity contribution in [2.75, 3.05) is 0 Å². The molecule has 0 atom stereocenters. The normalized spacial score (nSPS) is 13.4. The molecule has 13 heteroatoms. The molecule has 2 aromatic heterocycles. The zero-order valence-electron chi connectivity index (χ0n) is 10.9. The maximum atomic E-state index is 14.0. The molecule has 0 fully saturated rings. The van der Waals surface area contributed by atoms with E-state index in [4.69, 9.17) is 11.6 Å². The van der Waals surface area contributed by atoms with E-state index < -0.39 is 51.0 Å². The molecule has 2 aromatic rings. The van der Waals surface area contributed by atoms with Gasteiger partial charge in [0, 0.05) is 6.20 Å². The summed E-state index contributed by atoms with van der Waals surface area (Å²) in [6.45, 7) is 0. The van der Waals surface area contributed by atoms with Gasteiger partial charge in [-0.15, -0.1) is 0 Å². The standard InChI is InChI=1S/C11H3ClF9N3/c12-4-2-1-3-22-8(4)24-7(13)5(10(16,17)18)6(23-24)9(14,15)11(19,20)21/h1-3H. The Kier molecular flexibility index (Phi) is 4.23. The highest BCUT2D eigenvalue weighted by Gasteiger charge is 2.64. The molecule has 0 aliphatic rings. The van der Waals surface area contributed by atoms with Crippen molar-refractivity contribution in [2.24, 2.45) is 0 Å². The monoisotopic (exact) mass is 383 g/mol. The number of halogens is 10. The molecule has 0 aliphatic heterocycles. The molecule has 2 heterocycles. The molecule has 3 nitrogen and oxygen atoms in total. The van der Waals surface area contributed by atoms with Gasteiger partial charge < -0.3 is 0 Å². The first-order valence-electron chi connectivity index (χ1n) is 5.70. The van der Waals surface area contributed by atoms with Gasteiger partial charge in [-0.25, -0.2) is 4.98 Å². The highest BCUT2D eigenvalue weighted by molar-refractivity contribution is 6.32. The lowest BCUT2D eigenvalue weighted by Gasteiger charge is -2.19. The summed E-state index contributed by atoms with van der Waals surface area (Å²) >= 11 is 5.53. The molecule has 2 rings (SSSR count). The smallest absolute Gasteiger partial charge is 0.236 e. The van der Waals surface area contributed by atoms with Crippen molar-refractivity contribution in [1.29, 1.82) is 0 Å². The van der Waals surface area contributed by atoms with Crippen molar-refractivity contribution >= 4 is 11.6 Å². The Morgan fingerprint density at radius 2 is 1.58 bits per heavy atom. The van der Waals surface area contributed by atoms with Gasteiger partial charge in [-0.3, -0.25) is 0 Å². The van der Waals surface area contributed by atoms with Crippen LogP contribution in [0.4, 0.5) is 39.5 Å². The Morgan fingerprint density at radius 3 is 2.04 bits per heavy atom. The maximum absolute atomic E-state index is 14.0. The summed E-state index contributed by atoms with van der Waals surface area (Å²) < 4.78 is 116. The number of nitrogens with zero attached hydrogens (tertiary/aromatic N) is 3. The van der Waals surface area contributed by atoms with Crippen molar-refractivity contribution in [3.05, 3.63) is 40.6 Å². The first-order valence-corrected chi connectivity index (χ1v) is 6.08. The van der Waals surface area contributed by atoms with E-state index in [0.29, 0.717) is 0 Å². The minimum Gasteiger partial charge on any atom is -0.236 e. The summed E-state index contributed by atoms with van der Waals surface area (Å²) in [7, 11) is 0. The summed E-state index contributed by atoms with van der Waals surface area (Å²) in [6.07, 6.45) is -11.4. The third-order valence-corrected chi connectivity index (χ3v) is 3.00. The van der Waals surface area contributed by atoms with Gasteiger partial charge in [0.2, 0.25) is 5.95 Å². The van der Waals surface area contributed by atoms with E-state index in [2.05, 4.69) is 10.1 Å². The van der Waals surface area contributed by atoms with Gasteiger partial charge in [0.15, 0.2) is 11.5 Å². The van der Waals surface area contributed by atoms with Crippen LogP contribution < -0.4 is 0 Å². The van der Waals surface area contributed by atoms with Gasteiger partial charge in [-0.2, -0.15) is 49.3 Å². The minimum atomic E-state index is -6.42. The van der Waals surface area contributed by atoms with E-state index in [1.165, 1.54) is 6.07 Å².